The van der Waals surface area contributed by atoms with Gasteiger partial charge in [-0.2, -0.15) is 0 Å². The summed E-state index contributed by atoms with van der Waals surface area (Å²) >= 11 is 5.89. The van der Waals surface area contributed by atoms with E-state index in [1.165, 1.54) is 13.3 Å². The fraction of sp³-hybridized carbons (Fsp3) is 0.385. The van der Waals surface area contributed by atoms with Crippen LogP contribution in [-0.2, 0) is 4.84 Å². The number of nitrogens with one attached hydrogen (secondary N) is 1. The maximum Gasteiger partial charge on any atom is 0.412 e. The number of rotatable bonds is 6. The van der Waals surface area contributed by atoms with Gasteiger partial charge in [0.15, 0.2) is 0 Å². The Balaban J connectivity index is 2.73. The van der Waals surface area contributed by atoms with Crippen LogP contribution in [0.5, 0.6) is 5.75 Å². The van der Waals surface area contributed by atoms with E-state index >= 15 is 0 Å². The molecule has 0 spiro atoms. The highest BCUT2D eigenvalue weighted by atomic mass is 35.5. The fourth-order valence-electron chi connectivity index (χ4n) is 1.22. The van der Waals surface area contributed by atoms with Gasteiger partial charge in [-0.15, -0.1) is 0 Å². The Bertz CT molecular complexity index is 450. The minimum atomic E-state index is -0.552. The zero-order valence-electron chi connectivity index (χ0n) is 11.0. The summed E-state index contributed by atoms with van der Waals surface area (Å²) in [7, 11) is 1.49. The van der Waals surface area contributed by atoms with Crippen LogP contribution in [0, 0.1) is 0 Å². The van der Waals surface area contributed by atoms with Crippen molar-refractivity contribution in [3.63, 3.8) is 0 Å². The molecule has 0 bridgehead atoms. The number of carbonyl (C=O) groups is 1. The van der Waals surface area contributed by atoms with E-state index in [1.54, 1.807) is 18.2 Å². The first-order valence-electron chi connectivity index (χ1n) is 6.01. The summed E-state index contributed by atoms with van der Waals surface area (Å²) < 4.78 is 5.07. The van der Waals surface area contributed by atoms with Crippen molar-refractivity contribution in [3.8, 4) is 5.75 Å². The first-order valence-corrected chi connectivity index (χ1v) is 6.39. The minimum Gasteiger partial charge on any atom is -0.410 e. The second-order valence-electron chi connectivity index (χ2n) is 3.74. The van der Waals surface area contributed by atoms with Crippen molar-refractivity contribution in [2.24, 2.45) is 5.16 Å². The van der Waals surface area contributed by atoms with Gasteiger partial charge in [-0.25, -0.2) is 4.79 Å². The number of nitrogens with zero attached hydrogens (tertiary/aromatic N) is 1. The lowest BCUT2D eigenvalue weighted by Gasteiger charge is -2.06. The van der Waals surface area contributed by atoms with E-state index in [0.29, 0.717) is 22.9 Å². The Morgan fingerprint density at radius 1 is 1.53 bits per heavy atom. The SMILES string of the molecule is CCCCON=Cc1cc(Cl)ccc1OC(=O)NC. The third-order valence-corrected chi connectivity index (χ3v) is 2.47. The Kier molecular flexibility index (Phi) is 6.74. The largest absolute Gasteiger partial charge is 0.412 e. The van der Waals surface area contributed by atoms with Gasteiger partial charge in [-0.05, 0) is 24.6 Å². The molecule has 0 unspecified atom stereocenters. The van der Waals surface area contributed by atoms with Crippen molar-refractivity contribution in [2.75, 3.05) is 13.7 Å². The molecule has 5 nitrogen and oxygen atoms in total. The van der Waals surface area contributed by atoms with Gasteiger partial charge in [-0.3, -0.25) is 0 Å². The van der Waals surface area contributed by atoms with Gasteiger partial charge < -0.3 is 14.9 Å². The van der Waals surface area contributed by atoms with Crippen LogP contribution in [0.25, 0.3) is 0 Å². The smallest absolute Gasteiger partial charge is 0.410 e. The van der Waals surface area contributed by atoms with E-state index in [1.807, 2.05) is 0 Å². The number of carbonyl (C=O) groups excluding carboxylic acids is 1. The standard InChI is InChI=1S/C13H17ClN2O3/c1-3-4-7-18-16-9-10-8-11(14)5-6-12(10)19-13(17)15-2/h5-6,8-9H,3-4,7H2,1-2H3,(H,15,17). The number of halogens is 1. The van der Waals surface area contributed by atoms with Gasteiger partial charge in [-0.1, -0.05) is 30.1 Å². The van der Waals surface area contributed by atoms with Crippen molar-refractivity contribution in [1.29, 1.82) is 0 Å². The van der Waals surface area contributed by atoms with Gasteiger partial charge in [0, 0.05) is 17.6 Å². The Morgan fingerprint density at radius 2 is 2.32 bits per heavy atom. The van der Waals surface area contributed by atoms with Gasteiger partial charge in [0.1, 0.15) is 12.4 Å². The predicted octanol–water partition coefficient (Wildman–Crippen LogP) is 3.21. The molecule has 0 heterocycles. The molecule has 0 saturated carbocycles. The van der Waals surface area contributed by atoms with E-state index in [-0.39, 0.29) is 0 Å². The van der Waals surface area contributed by atoms with Crippen molar-refractivity contribution in [1.82, 2.24) is 5.32 Å². The van der Waals surface area contributed by atoms with E-state index in [2.05, 4.69) is 17.4 Å². The number of benzene rings is 1. The Morgan fingerprint density at radius 3 is 3.00 bits per heavy atom. The zero-order valence-corrected chi connectivity index (χ0v) is 11.7. The third-order valence-electron chi connectivity index (χ3n) is 2.23. The molecule has 0 radical (unpaired) electrons. The van der Waals surface area contributed by atoms with E-state index in [0.717, 1.165) is 12.8 Å². The molecule has 19 heavy (non-hydrogen) atoms. The third kappa shape index (κ3) is 5.61. The molecule has 0 atom stereocenters. The first-order chi connectivity index (χ1) is 9.17. The molecule has 6 heteroatoms. The highest BCUT2D eigenvalue weighted by molar-refractivity contribution is 6.30. The minimum absolute atomic E-state index is 0.367. The van der Waals surface area contributed by atoms with Crippen LogP contribution in [0.2, 0.25) is 5.02 Å². The zero-order chi connectivity index (χ0) is 14.1. The summed E-state index contributed by atoms with van der Waals surface area (Å²) in [5, 5.41) is 6.72. The van der Waals surface area contributed by atoms with Crippen LogP contribution in [0.3, 0.4) is 0 Å². The molecule has 1 rings (SSSR count). The van der Waals surface area contributed by atoms with Crippen LogP contribution in [-0.4, -0.2) is 26.0 Å². The molecular formula is C13H17ClN2O3. The highest BCUT2D eigenvalue weighted by Crippen LogP contribution is 2.21. The molecule has 0 saturated heterocycles. The van der Waals surface area contributed by atoms with Crippen LogP contribution >= 0.6 is 11.6 Å². The lowest BCUT2D eigenvalue weighted by molar-refractivity contribution is 0.142. The number of oxime groups is 1. The molecular weight excluding hydrogens is 268 g/mol. The molecule has 0 aliphatic rings. The van der Waals surface area contributed by atoms with E-state index in [4.69, 9.17) is 21.2 Å². The molecule has 1 aromatic carbocycles. The monoisotopic (exact) mass is 284 g/mol. The summed E-state index contributed by atoms with van der Waals surface area (Å²) in [6.45, 7) is 2.62. The highest BCUT2D eigenvalue weighted by Gasteiger charge is 2.07. The maximum absolute atomic E-state index is 11.2. The molecule has 1 N–H and O–H groups in total. The Labute approximate surface area is 117 Å². The van der Waals surface area contributed by atoms with Crippen LogP contribution in [0.15, 0.2) is 23.4 Å². The van der Waals surface area contributed by atoms with Gasteiger partial charge >= 0.3 is 6.09 Å². The number of amides is 1. The number of ether oxygens (including phenoxy) is 1. The summed E-state index contributed by atoms with van der Waals surface area (Å²) in [6, 6.07) is 4.88. The molecule has 1 aromatic rings. The number of hydrogen-bond donors (Lipinski definition) is 1. The van der Waals surface area contributed by atoms with E-state index < -0.39 is 6.09 Å². The van der Waals surface area contributed by atoms with Crippen molar-refractivity contribution >= 4 is 23.9 Å². The van der Waals surface area contributed by atoms with Gasteiger partial charge in [0.05, 0.1) is 6.21 Å². The van der Waals surface area contributed by atoms with Crippen LogP contribution < -0.4 is 10.1 Å². The van der Waals surface area contributed by atoms with Gasteiger partial charge in [0.25, 0.3) is 0 Å². The maximum atomic E-state index is 11.2. The molecule has 104 valence electrons. The van der Waals surface area contributed by atoms with Crippen molar-refractivity contribution < 1.29 is 14.4 Å². The molecule has 0 aromatic heterocycles. The van der Waals surface area contributed by atoms with E-state index in [9.17, 15) is 4.79 Å². The van der Waals surface area contributed by atoms with Gasteiger partial charge in [0.2, 0.25) is 0 Å². The molecule has 0 fully saturated rings. The van der Waals surface area contributed by atoms with Crippen LogP contribution in [0.4, 0.5) is 4.79 Å². The van der Waals surface area contributed by atoms with Crippen LogP contribution in [0.1, 0.15) is 25.3 Å². The summed E-state index contributed by atoms with van der Waals surface area (Å²) in [5.74, 6) is 0.367. The number of hydrogen-bond acceptors (Lipinski definition) is 4. The normalized spacial score (nSPS) is 10.5. The second kappa shape index (κ2) is 8.37. The fourth-order valence-corrected chi connectivity index (χ4v) is 1.40. The quantitative estimate of drug-likeness (QED) is 0.496. The summed E-state index contributed by atoms with van der Waals surface area (Å²) in [5.41, 5.74) is 0.576. The lowest BCUT2D eigenvalue weighted by atomic mass is 10.2. The second-order valence-corrected chi connectivity index (χ2v) is 4.18. The average molecular weight is 285 g/mol. The average Bonchev–Trinajstić information content (AvgIpc) is 2.41. The van der Waals surface area contributed by atoms with Crippen molar-refractivity contribution in [3.05, 3.63) is 28.8 Å². The summed E-state index contributed by atoms with van der Waals surface area (Å²) in [4.78, 5) is 16.3. The molecule has 1 amide bonds. The predicted molar refractivity (Wildman–Crippen MR) is 75.0 cm³/mol. The summed E-state index contributed by atoms with van der Waals surface area (Å²) in [6.07, 6.45) is 2.90. The molecule has 0 aliphatic carbocycles. The Hall–Kier alpha value is -1.75. The first kappa shape index (κ1) is 15.3. The lowest BCUT2D eigenvalue weighted by Crippen LogP contribution is -2.22. The topological polar surface area (TPSA) is 59.9 Å². The van der Waals surface area contributed by atoms with Crippen molar-refractivity contribution in [2.45, 2.75) is 19.8 Å². The number of unbranched alkanes of at least 4 members (excludes halogenated alkanes) is 1. The molecule has 0 aliphatic heterocycles.